The average molecular weight is 216 g/mol. The number of hydrogen-bond acceptors (Lipinski definition) is 4. The molecule has 88 valence electrons. The van der Waals surface area contributed by atoms with E-state index in [4.69, 9.17) is 9.47 Å². The van der Waals surface area contributed by atoms with Gasteiger partial charge >= 0.3 is 0 Å². The zero-order chi connectivity index (χ0) is 11.3. The summed E-state index contributed by atoms with van der Waals surface area (Å²) >= 11 is 0. The highest BCUT2D eigenvalue weighted by atomic mass is 16.5. The molecule has 1 N–H and O–H groups in total. The summed E-state index contributed by atoms with van der Waals surface area (Å²) in [5, 5.41) is 3.02. The Kier molecular flexibility index (Phi) is 5.01. The van der Waals surface area contributed by atoms with Gasteiger partial charge in [0.05, 0.1) is 6.54 Å². The molecule has 0 aromatic heterocycles. The van der Waals surface area contributed by atoms with Crippen LogP contribution in [0.2, 0.25) is 0 Å². The molecule has 1 amide bonds. The second kappa shape index (κ2) is 6.05. The van der Waals surface area contributed by atoms with E-state index >= 15 is 0 Å². The molecule has 2 unspecified atom stereocenters. The molecule has 1 saturated heterocycles. The van der Waals surface area contributed by atoms with Crippen molar-refractivity contribution in [2.24, 2.45) is 0 Å². The van der Waals surface area contributed by atoms with Gasteiger partial charge < -0.3 is 19.7 Å². The molecule has 0 aromatic carbocycles. The molecule has 0 radical (unpaired) electrons. The van der Waals surface area contributed by atoms with Gasteiger partial charge in [0.15, 0.2) is 0 Å². The lowest BCUT2D eigenvalue weighted by atomic mass is 10.3. The molecule has 0 bridgehead atoms. The standard InChI is InChI=1S/C10H20N2O3/c1-4-11-5-10(13)12-6-8(14-2)9(7-12)15-3/h8-9,11H,4-7H2,1-3H3. The Hall–Kier alpha value is -0.650. The van der Waals surface area contributed by atoms with Crippen molar-refractivity contribution in [2.75, 3.05) is 40.4 Å². The maximum Gasteiger partial charge on any atom is 0.236 e. The summed E-state index contributed by atoms with van der Waals surface area (Å²) in [6.45, 7) is 4.43. The fourth-order valence-electron chi connectivity index (χ4n) is 1.74. The lowest BCUT2D eigenvalue weighted by Gasteiger charge is -2.15. The minimum absolute atomic E-state index is 0.000534. The Balaban J connectivity index is 2.42. The molecule has 0 aromatic rings. The predicted molar refractivity (Wildman–Crippen MR) is 56.7 cm³/mol. The van der Waals surface area contributed by atoms with Crippen LogP contribution in [0.15, 0.2) is 0 Å². The quantitative estimate of drug-likeness (QED) is 0.671. The number of nitrogens with zero attached hydrogens (tertiary/aromatic N) is 1. The SMILES string of the molecule is CCNCC(=O)N1CC(OC)C(OC)C1. The minimum Gasteiger partial charge on any atom is -0.377 e. The molecule has 2 atom stereocenters. The number of ether oxygens (including phenoxy) is 2. The molecular weight excluding hydrogens is 196 g/mol. The number of carbonyl (C=O) groups excluding carboxylic acids is 1. The van der Waals surface area contributed by atoms with Gasteiger partial charge in [0.1, 0.15) is 12.2 Å². The van der Waals surface area contributed by atoms with Gasteiger partial charge in [-0.05, 0) is 6.54 Å². The van der Waals surface area contributed by atoms with E-state index in [2.05, 4.69) is 5.32 Å². The van der Waals surface area contributed by atoms with Crippen LogP contribution in [-0.4, -0.2) is 63.4 Å². The van der Waals surface area contributed by atoms with Gasteiger partial charge in [-0.15, -0.1) is 0 Å². The molecular formula is C10H20N2O3. The summed E-state index contributed by atoms with van der Waals surface area (Å²) in [5.41, 5.74) is 0. The highest BCUT2D eigenvalue weighted by Crippen LogP contribution is 2.15. The number of amides is 1. The highest BCUT2D eigenvalue weighted by Gasteiger charge is 2.34. The Morgan fingerprint density at radius 2 is 1.87 bits per heavy atom. The van der Waals surface area contributed by atoms with Crippen LogP contribution in [0, 0.1) is 0 Å². The maximum atomic E-state index is 11.7. The lowest BCUT2D eigenvalue weighted by molar-refractivity contribution is -0.129. The molecule has 15 heavy (non-hydrogen) atoms. The molecule has 1 rings (SSSR count). The summed E-state index contributed by atoms with van der Waals surface area (Å²) in [6.07, 6.45) is 0.00107. The Bertz CT molecular complexity index is 199. The number of nitrogens with one attached hydrogen (secondary N) is 1. The van der Waals surface area contributed by atoms with Crippen molar-refractivity contribution < 1.29 is 14.3 Å². The van der Waals surface area contributed by atoms with Crippen LogP contribution >= 0.6 is 0 Å². The van der Waals surface area contributed by atoms with Crippen LogP contribution in [0.4, 0.5) is 0 Å². The van der Waals surface area contributed by atoms with E-state index in [9.17, 15) is 4.79 Å². The lowest BCUT2D eigenvalue weighted by Crippen LogP contribution is -2.37. The monoisotopic (exact) mass is 216 g/mol. The summed E-state index contributed by atoms with van der Waals surface area (Å²) in [7, 11) is 3.30. The molecule has 5 heteroatoms. The fourth-order valence-corrected chi connectivity index (χ4v) is 1.74. The fraction of sp³-hybridized carbons (Fsp3) is 0.900. The second-order valence-corrected chi connectivity index (χ2v) is 3.63. The van der Waals surface area contributed by atoms with Crippen LogP contribution in [0.25, 0.3) is 0 Å². The van der Waals surface area contributed by atoms with Crippen LogP contribution in [0.1, 0.15) is 6.92 Å². The van der Waals surface area contributed by atoms with E-state index < -0.39 is 0 Å². The average Bonchev–Trinajstić information content (AvgIpc) is 2.68. The van der Waals surface area contributed by atoms with E-state index in [1.807, 2.05) is 6.92 Å². The molecule has 1 aliphatic rings. The van der Waals surface area contributed by atoms with E-state index in [-0.39, 0.29) is 18.1 Å². The largest absolute Gasteiger partial charge is 0.377 e. The third-order valence-electron chi connectivity index (χ3n) is 2.70. The van der Waals surface area contributed by atoms with Gasteiger partial charge in [-0.1, -0.05) is 6.92 Å². The van der Waals surface area contributed by atoms with Crippen molar-refractivity contribution in [3.8, 4) is 0 Å². The Morgan fingerprint density at radius 1 is 1.33 bits per heavy atom. The number of methoxy groups -OCH3 is 2. The second-order valence-electron chi connectivity index (χ2n) is 3.63. The van der Waals surface area contributed by atoms with Crippen LogP contribution in [0.3, 0.4) is 0 Å². The third kappa shape index (κ3) is 3.15. The van der Waals surface area contributed by atoms with Crippen LogP contribution in [0.5, 0.6) is 0 Å². The van der Waals surface area contributed by atoms with Gasteiger partial charge in [0.2, 0.25) is 5.91 Å². The number of rotatable bonds is 5. The summed E-state index contributed by atoms with van der Waals surface area (Å²) in [6, 6.07) is 0. The molecule has 5 nitrogen and oxygen atoms in total. The predicted octanol–water partition coefficient (Wildman–Crippen LogP) is -0.532. The summed E-state index contributed by atoms with van der Waals surface area (Å²) < 4.78 is 10.5. The third-order valence-corrected chi connectivity index (χ3v) is 2.70. The molecule has 0 aliphatic carbocycles. The smallest absolute Gasteiger partial charge is 0.236 e. The van der Waals surface area contributed by atoms with Crippen molar-refractivity contribution in [3.63, 3.8) is 0 Å². The normalized spacial score (nSPS) is 25.9. The number of likely N-dealkylation sites (N-methyl/N-ethyl adjacent to an activating group) is 1. The van der Waals surface area contributed by atoms with E-state index in [1.165, 1.54) is 0 Å². The number of carbonyl (C=O) groups is 1. The van der Waals surface area contributed by atoms with Crippen molar-refractivity contribution >= 4 is 5.91 Å². The first-order chi connectivity index (χ1) is 7.22. The van der Waals surface area contributed by atoms with Crippen LogP contribution < -0.4 is 5.32 Å². The van der Waals surface area contributed by atoms with Gasteiger partial charge in [0.25, 0.3) is 0 Å². The Morgan fingerprint density at radius 3 is 2.27 bits per heavy atom. The first kappa shape index (κ1) is 12.4. The number of likely N-dealkylation sites (tertiary alicyclic amines) is 1. The van der Waals surface area contributed by atoms with E-state index in [0.29, 0.717) is 19.6 Å². The molecule has 1 aliphatic heterocycles. The highest BCUT2D eigenvalue weighted by molar-refractivity contribution is 5.78. The summed E-state index contributed by atoms with van der Waals surface area (Å²) in [4.78, 5) is 13.5. The van der Waals surface area contributed by atoms with Gasteiger partial charge in [-0.3, -0.25) is 4.79 Å². The summed E-state index contributed by atoms with van der Waals surface area (Å²) in [5.74, 6) is 0.110. The minimum atomic E-state index is 0.000534. The molecule has 1 fully saturated rings. The van der Waals surface area contributed by atoms with E-state index in [0.717, 1.165) is 6.54 Å². The maximum absolute atomic E-state index is 11.7. The Labute approximate surface area is 90.7 Å². The molecule has 0 saturated carbocycles. The van der Waals surface area contributed by atoms with Gasteiger partial charge in [-0.2, -0.15) is 0 Å². The van der Waals surface area contributed by atoms with Crippen LogP contribution in [-0.2, 0) is 14.3 Å². The number of hydrogen-bond donors (Lipinski definition) is 1. The zero-order valence-corrected chi connectivity index (χ0v) is 9.66. The van der Waals surface area contributed by atoms with Crippen molar-refractivity contribution in [2.45, 2.75) is 19.1 Å². The van der Waals surface area contributed by atoms with Crippen molar-refractivity contribution in [1.29, 1.82) is 0 Å². The zero-order valence-electron chi connectivity index (χ0n) is 9.66. The van der Waals surface area contributed by atoms with Gasteiger partial charge in [0, 0.05) is 27.3 Å². The van der Waals surface area contributed by atoms with Crippen molar-refractivity contribution in [3.05, 3.63) is 0 Å². The molecule has 1 heterocycles. The first-order valence-corrected chi connectivity index (χ1v) is 5.27. The van der Waals surface area contributed by atoms with Gasteiger partial charge in [-0.25, -0.2) is 0 Å². The topological polar surface area (TPSA) is 50.8 Å². The first-order valence-electron chi connectivity index (χ1n) is 5.27. The van der Waals surface area contributed by atoms with Crippen molar-refractivity contribution in [1.82, 2.24) is 10.2 Å². The van der Waals surface area contributed by atoms with E-state index in [1.54, 1.807) is 19.1 Å². The molecule has 0 spiro atoms.